The highest BCUT2D eigenvalue weighted by Gasteiger charge is 2.39. The average molecular weight is 268 g/mol. The molecule has 5 heteroatoms. The van der Waals surface area contributed by atoms with Crippen LogP contribution in [-0.2, 0) is 0 Å². The Hall–Kier alpha value is -1.29. The molecule has 4 nitrogen and oxygen atoms in total. The highest BCUT2D eigenvalue weighted by atomic mass is 35.5. The van der Waals surface area contributed by atoms with E-state index in [1.807, 2.05) is 0 Å². The average Bonchev–Trinajstić information content (AvgIpc) is 3.13. The van der Waals surface area contributed by atoms with E-state index >= 15 is 0 Å². The number of pyridine rings is 1. The summed E-state index contributed by atoms with van der Waals surface area (Å²) in [6.45, 7) is 4.10. The normalized spacial score (nSPS) is 15.3. The topological polar surface area (TPSA) is 54.0 Å². The lowest BCUT2D eigenvalue weighted by Gasteiger charge is -2.26. The van der Waals surface area contributed by atoms with Crippen LogP contribution in [0.25, 0.3) is 0 Å². The summed E-state index contributed by atoms with van der Waals surface area (Å²) in [5.74, 6) is 1.07. The number of hydrogen-bond acceptors (Lipinski definition) is 3. The van der Waals surface area contributed by atoms with Crippen LogP contribution in [0.5, 0.6) is 0 Å². The minimum Gasteiger partial charge on any atom is -0.373 e. The van der Waals surface area contributed by atoms with Crippen LogP contribution >= 0.6 is 11.6 Å². The monoisotopic (exact) mass is 267 g/mol. The van der Waals surface area contributed by atoms with Crippen LogP contribution in [0, 0.1) is 5.92 Å². The number of aromatic nitrogens is 1. The molecule has 1 saturated carbocycles. The van der Waals surface area contributed by atoms with Gasteiger partial charge in [-0.1, -0.05) is 11.6 Å². The second kappa shape index (κ2) is 4.76. The smallest absolute Gasteiger partial charge is 0.253 e. The van der Waals surface area contributed by atoms with Crippen molar-refractivity contribution >= 4 is 23.3 Å². The van der Waals surface area contributed by atoms with Gasteiger partial charge in [-0.25, -0.2) is 4.98 Å². The Labute approximate surface area is 112 Å². The van der Waals surface area contributed by atoms with Gasteiger partial charge in [0.1, 0.15) is 5.82 Å². The van der Waals surface area contributed by atoms with Gasteiger partial charge in [0.2, 0.25) is 0 Å². The summed E-state index contributed by atoms with van der Waals surface area (Å²) >= 11 is 6.02. The van der Waals surface area contributed by atoms with Crippen LogP contribution in [0.3, 0.4) is 0 Å². The van der Waals surface area contributed by atoms with Crippen molar-refractivity contribution in [2.75, 3.05) is 12.4 Å². The summed E-state index contributed by atoms with van der Waals surface area (Å²) in [4.78, 5) is 16.3. The van der Waals surface area contributed by atoms with Gasteiger partial charge in [-0.3, -0.25) is 4.79 Å². The standard InChI is InChI=1S/C13H18ClN3O/c1-13(2,8-4-5-8)17-12(18)9-6-11(15-3)16-7-10(9)14/h6-8H,4-5H2,1-3H3,(H,15,16)(H,17,18). The summed E-state index contributed by atoms with van der Waals surface area (Å²) < 4.78 is 0. The molecule has 0 aromatic carbocycles. The Bertz CT molecular complexity index is 469. The highest BCUT2D eigenvalue weighted by Crippen LogP contribution is 2.39. The van der Waals surface area contributed by atoms with Crippen LogP contribution in [-0.4, -0.2) is 23.5 Å². The van der Waals surface area contributed by atoms with Gasteiger partial charge in [-0.15, -0.1) is 0 Å². The number of carbonyl (C=O) groups excluding carboxylic acids is 1. The number of hydrogen-bond donors (Lipinski definition) is 2. The van der Waals surface area contributed by atoms with E-state index in [1.165, 1.54) is 19.0 Å². The van der Waals surface area contributed by atoms with E-state index in [0.29, 0.717) is 22.3 Å². The molecule has 0 radical (unpaired) electrons. The molecule has 1 heterocycles. The maximum Gasteiger partial charge on any atom is 0.253 e. The van der Waals surface area contributed by atoms with Gasteiger partial charge in [0.05, 0.1) is 10.6 Å². The number of amides is 1. The number of halogens is 1. The van der Waals surface area contributed by atoms with Crippen LogP contribution in [0.2, 0.25) is 5.02 Å². The van der Waals surface area contributed by atoms with E-state index in [4.69, 9.17) is 11.6 Å². The predicted molar refractivity (Wildman–Crippen MR) is 73.1 cm³/mol. The molecule has 1 aliphatic rings. The third-order valence-corrected chi connectivity index (χ3v) is 3.69. The molecule has 1 aromatic heterocycles. The second-order valence-corrected chi connectivity index (χ2v) is 5.66. The molecule has 0 bridgehead atoms. The molecule has 0 spiro atoms. The van der Waals surface area contributed by atoms with Crippen molar-refractivity contribution in [1.82, 2.24) is 10.3 Å². The molecule has 1 fully saturated rings. The molecule has 0 atom stereocenters. The second-order valence-electron chi connectivity index (χ2n) is 5.25. The first-order valence-corrected chi connectivity index (χ1v) is 6.47. The molecule has 0 unspecified atom stereocenters. The summed E-state index contributed by atoms with van der Waals surface area (Å²) in [5.41, 5.74) is 0.286. The quantitative estimate of drug-likeness (QED) is 0.882. The maximum absolute atomic E-state index is 12.2. The van der Waals surface area contributed by atoms with Crippen molar-refractivity contribution in [3.8, 4) is 0 Å². The van der Waals surface area contributed by atoms with Gasteiger partial charge in [0, 0.05) is 18.8 Å². The Morgan fingerprint density at radius 1 is 1.50 bits per heavy atom. The molecule has 18 heavy (non-hydrogen) atoms. The third kappa shape index (κ3) is 2.75. The van der Waals surface area contributed by atoms with E-state index in [1.54, 1.807) is 13.1 Å². The molecule has 2 rings (SSSR count). The minimum absolute atomic E-state index is 0.143. The van der Waals surface area contributed by atoms with Crippen molar-refractivity contribution in [3.05, 3.63) is 22.8 Å². The molecule has 1 aliphatic carbocycles. The Morgan fingerprint density at radius 3 is 2.72 bits per heavy atom. The molecule has 2 N–H and O–H groups in total. The van der Waals surface area contributed by atoms with Gasteiger partial charge < -0.3 is 10.6 Å². The largest absolute Gasteiger partial charge is 0.373 e. The molecule has 0 saturated heterocycles. The van der Waals surface area contributed by atoms with Gasteiger partial charge in [0.15, 0.2) is 0 Å². The van der Waals surface area contributed by atoms with Gasteiger partial charge in [-0.2, -0.15) is 0 Å². The summed E-state index contributed by atoms with van der Waals surface area (Å²) in [7, 11) is 1.76. The van der Waals surface area contributed by atoms with Crippen LogP contribution < -0.4 is 10.6 Å². The van der Waals surface area contributed by atoms with Crippen molar-refractivity contribution < 1.29 is 4.79 Å². The van der Waals surface area contributed by atoms with E-state index < -0.39 is 0 Å². The number of nitrogens with zero attached hydrogens (tertiary/aromatic N) is 1. The summed E-state index contributed by atoms with van der Waals surface area (Å²) in [5, 5.41) is 6.32. The maximum atomic E-state index is 12.2. The van der Waals surface area contributed by atoms with Gasteiger partial charge in [-0.05, 0) is 38.7 Å². The number of anilines is 1. The van der Waals surface area contributed by atoms with Gasteiger partial charge in [0.25, 0.3) is 5.91 Å². The van der Waals surface area contributed by atoms with Crippen LogP contribution in [0.15, 0.2) is 12.3 Å². The Kier molecular flexibility index (Phi) is 3.48. The Morgan fingerprint density at radius 2 is 2.17 bits per heavy atom. The molecule has 1 aromatic rings. The summed E-state index contributed by atoms with van der Waals surface area (Å²) in [6.07, 6.45) is 3.85. The van der Waals surface area contributed by atoms with E-state index in [-0.39, 0.29) is 11.4 Å². The van der Waals surface area contributed by atoms with Crippen molar-refractivity contribution in [2.24, 2.45) is 5.92 Å². The first kappa shape index (κ1) is 13.1. The zero-order chi connectivity index (χ0) is 13.3. The SMILES string of the molecule is CNc1cc(C(=O)NC(C)(C)C2CC2)c(Cl)cn1. The van der Waals surface area contributed by atoms with E-state index in [2.05, 4.69) is 29.5 Å². The van der Waals surface area contributed by atoms with Crippen molar-refractivity contribution in [2.45, 2.75) is 32.2 Å². The zero-order valence-electron chi connectivity index (χ0n) is 10.9. The first-order valence-electron chi connectivity index (χ1n) is 6.10. The fourth-order valence-corrected chi connectivity index (χ4v) is 2.21. The molecular weight excluding hydrogens is 250 g/mol. The first-order chi connectivity index (χ1) is 8.44. The van der Waals surface area contributed by atoms with Crippen LogP contribution in [0.4, 0.5) is 5.82 Å². The highest BCUT2D eigenvalue weighted by molar-refractivity contribution is 6.33. The van der Waals surface area contributed by atoms with Gasteiger partial charge >= 0.3 is 0 Å². The van der Waals surface area contributed by atoms with E-state index in [0.717, 1.165) is 0 Å². The van der Waals surface area contributed by atoms with Crippen molar-refractivity contribution in [3.63, 3.8) is 0 Å². The number of rotatable bonds is 4. The van der Waals surface area contributed by atoms with Crippen LogP contribution in [0.1, 0.15) is 37.0 Å². The van der Waals surface area contributed by atoms with Crippen molar-refractivity contribution in [1.29, 1.82) is 0 Å². The summed E-state index contributed by atoms with van der Waals surface area (Å²) in [6, 6.07) is 1.67. The lowest BCUT2D eigenvalue weighted by atomic mass is 9.98. The predicted octanol–water partition coefficient (Wildman–Crippen LogP) is 2.70. The Balaban J connectivity index is 2.17. The zero-order valence-corrected chi connectivity index (χ0v) is 11.6. The fraction of sp³-hybridized carbons (Fsp3) is 0.538. The molecular formula is C13H18ClN3O. The molecule has 1 amide bonds. The number of nitrogens with one attached hydrogen (secondary N) is 2. The molecule has 98 valence electrons. The fourth-order valence-electron chi connectivity index (χ4n) is 2.02. The van der Waals surface area contributed by atoms with E-state index in [9.17, 15) is 4.79 Å². The lowest BCUT2D eigenvalue weighted by molar-refractivity contribution is 0.0903. The lowest BCUT2D eigenvalue weighted by Crippen LogP contribution is -2.45. The number of carbonyl (C=O) groups is 1. The minimum atomic E-state index is -0.177. The molecule has 0 aliphatic heterocycles. The third-order valence-electron chi connectivity index (χ3n) is 3.39.